The van der Waals surface area contributed by atoms with Crippen molar-refractivity contribution in [3.05, 3.63) is 59.2 Å². The van der Waals surface area contributed by atoms with Gasteiger partial charge in [0.15, 0.2) is 11.5 Å². The van der Waals surface area contributed by atoms with Gasteiger partial charge in [-0.1, -0.05) is 12.1 Å². The van der Waals surface area contributed by atoms with Gasteiger partial charge in [0.2, 0.25) is 5.91 Å². The van der Waals surface area contributed by atoms with Gasteiger partial charge in [-0.3, -0.25) is 9.59 Å². The normalized spacial score (nSPS) is 14.7. The number of likely N-dealkylation sites (tertiary alicyclic amines) is 1. The van der Waals surface area contributed by atoms with Crippen molar-refractivity contribution in [3.8, 4) is 11.5 Å². The zero-order chi connectivity index (χ0) is 23.3. The summed E-state index contributed by atoms with van der Waals surface area (Å²) >= 11 is 0. The highest BCUT2D eigenvalue weighted by Gasteiger charge is 2.31. The Kier molecular flexibility index (Phi) is 7.27. The van der Waals surface area contributed by atoms with Gasteiger partial charge in [-0.25, -0.2) is 0 Å². The van der Waals surface area contributed by atoms with Crippen LogP contribution in [0.15, 0.2) is 42.5 Å². The maximum absolute atomic E-state index is 12.7. The van der Waals surface area contributed by atoms with Crippen LogP contribution in [0.5, 0.6) is 11.5 Å². The summed E-state index contributed by atoms with van der Waals surface area (Å²) in [6, 6.07) is 9.60. The van der Waals surface area contributed by atoms with Gasteiger partial charge >= 0.3 is 6.18 Å². The van der Waals surface area contributed by atoms with Crippen LogP contribution in [0.1, 0.15) is 34.3 Å². The van der Waals surface area contributed by atoms with Crippen molar-refractivity contribution in [3.63, 3.8) is 0 Å². The molecule has 0 spiro atoms. The highest BCUT2D eigenvalue weighted by molar-refractivity contribution is 5.94. The van der Waals surface area contributed by atoms with E-state index in [1.165, 1.54) is 19.2 Å². The molecule has 0 aliphatic carbocycles. The number of rotatable bonds is 6. The number of benzene rings is 2. The van der Waals surface area contributed by atoms with Gasteiger partial charge in [-0.05, 0) is 43.2 Å². The van der Waals surface area contributed by atoms with Gasteiger partial charge in [0.05, 0.1) is 19.8 Å². The van der Waals surface area contributed by atoms with Crippen molar-refractivity contribution in [2.24, 2.45) is 5.92 Å². The lowest BCUT2D eigenvalue weighted by atomic mass is 9.95. The van der Waals surface area contributed by atoms with E-state index in [9.17, 15) is 22.8 Å². The van der Waals surface area contributed by atoms with E-state index < -0.39 is 11.7 Å². The molecule has 0 saturated carbocycles. The molecule has 2 aromatic carbocycles. The van der Waals surface area contributed by atoms with Crippen LogP contribution < -0.4 is 14.8 Å². The minimum absolute atomic E-state index is 0.114. The Bertz CT molecular complexity index is 953. The minimum Gasteiger partial charge on any atom is -0.493 e. The second kappa shape index (κ2) is 9.93. The van der Waals surface area contributed by atoms with Gasteiger partial charge < -0.3 is 19.7 Å². The highest BCUT2D eigenvalue weighted by atomic mass is 19.4. The molecule has 0 aromatic heterocycles. The van der Waals surface area contributed by atoms with E-state index in [0.29, 0.717) is 37.4 Å². The topological polar surface area (TPSA) is 67.9 Å². The van der Waals surface area contributed by atoms with E-state index in [0.717, 1.165) is 17.7 Å². The summed E-state index contributed by atoms with van der Waals surface area (Å²) in [5.41, 5.74) is 0.193. The second-order valence-electron chi connectivity index (χ2n) is 7.51. The molecule has 6 nitrogen and oxygen atoms in total. The lowest BCUT2D eigenvalue weighted by Crippen LogP contribution is -2.43. The SMILES string of the molecule is COc1cccc(CNC(=O)C2CCN(C(=O)c3ccc(C(F)(F)F)cc3)CC2)c1OC. The third-order valence-corrected chi connectivity index (χ3v) is 5.55. The molecule has 3 rings (SSSR count). The van der Waals surface area contributed by atoms with Crippen molar-refractivity contribution in [2.45, 2.75) is 25.6 Å². The van der Waals surface area contributed by atoms with E-state index in [4.69, 9.17) is 9.47 Å². The monoisotopic (exact) mass is 450 g/mol. The number of hydrogen-bond acceptors (Lipinski definition) is 4. The maximum Gasteiger partial charge on any atom is 0.416 e. The molecule has 32 heavy (non-hydrogen) atoms. The van der Waals surface area contributed by atoms with E-state index in [1.54, 1.807) is 18.1 Å². The summed E-state index contributed by atoms with van der Waals surface area (Å²) in [5.74, 6) is 0.444. The fourth-order valence-corrected chi connectivity index (χ4v) is 3.75. The van der Waals surface area contributed by atoms with Gasteiger partial charge in [0, 0.05) is 36.7 Å². The van der Waals surface area contributed by atoms with Gasteiger partial charge in [-0.15, -0.1) is 0 Å². The summed E-state index contributed by atoms with van der Waals surface area (Å²) in [5, 5.41) is 2.91. The second-order valence-corrected chi connectivity index (χ2v) is 7.51. The smallest absolute Gasteiger partial charge is 0.416 e. The number of nitrogens with one attached hydrogen (secondary N) is 1. The molecule has 0 atom stereocenters. The fraction of sp³-hybridized carbons (Fsp3) is 0.391. The first-order valence-corrected chi connectivity index (χ1v) is 10.2. The standard InChI is InChI=1S/C23H25F3N2O4/c1-31-19-5-3-4-17(20(19)32-2)14-27-21(29)15-10-12-28(13-11-15)22(30)16-6-8-18(9-7-16)23(24,25)26/h3-9,15H,10-14H2,1-2H3,(H,27,29). The summed E-state index contributed by atoms with van der Waals surface area (Å²) in [7, 11) is 3.08. The van der Waals surface area contributed by atoms with E-state index in [-0.39, 0.29) is 29.8 Å². The minimum atomic E-state index is -4.44. The molecular formula is C23H25F3N2O4. The first kappa shape index (κ1) is 23.4. The van der Waals surface area contributed by atoms with Crippen LogP contribution in [-0.4, -0.2) is 44.0 Å². The molecule has 0 radical (unpaired) electrons. The third kappa shape index (κ3) is 5.33. The number of halogens is 3. The Hall–Kier alpha value is -3.23. The number of carbonyl (C=O) groups is 2. The van der Waals surface area contributed by atoms with E-state index in [1.807, 2.05) is 12.1 Å². The molecule has 2 aromatic rings. The molecule has 9 heteroatoms. The Labute approximate surface area is 184 Å². The van der Waals surface area contributed by atoms with Crippen molar-refractivity contribution >= 4 is 11.8 Å². The molecule has 1 saturated heterocycles. The summed E-state index contributed by atoms with van der Waals surface area (Å²) in [6.07, 6.45) is -3.48. The number of ether oxygens (including phenoxy) is 2. The van der Waals surface area contributed by atoms with Gasteiger partial charge in [-0.2, -0.15) is 13.2 Å². The van der Waals surface area contributed by atoms with E-state index >= 15 is 0 Å². The molecule has 1 heterocycles. The maximum atomic E-state index is 12.7. The zero-order valence-corrected chi connectivity index (χ0v) is 17.9. The Morgan fingerprint density at radius 1 is 1.03 bits per heavy atom. The number of amides is 2. The average Bonchev–Trinajstić information content (AvgIpc) is 2.81. The Balaban J connectivity index is 1.53. The number of hydrogen-bond donors (Lipinski definition) is 1. The van der Waals surface area contributed by atoms with Gasteiger partial charge in [0.25, 0.3) is 5.91 Å². The highest BCUT2D eigenvalue weighted by Crippen LogP contribution is 2.31. The van der Waals surface area contributed by atoms with Crippen molar-refractivity contribution in [2.75, 3.05) is 27.3 Å². The van der Waals surface area contributed by atoms with Crippen molar-refractivity contribution in [1.29, 1.82) is 0 Å². The molecule has 1 aliphatic rings. The Morgan fingerprint density at radius 2 is 1.69 bits per heavy atom. The fourth-order valence-electron chi connectivity index (χ4n) is 3.75. The first-order valence-electron chi connectivity index (χ1n) is 10.2. The molecule has 1 aliphatic heterocycles. The van der Waals surface area contributed by atoms with Crippen LogP contribution in [0, 0.1) is 5.92 Å². The molecule has 2 amide bonds. The third-order valence-electron chi connectivity index (χ3n) is 5.55. The quantitative estimate of drug-likeness (QED) is 0.725. The molecule has 0 bridgehead atoms. The summed E-state index contributed by atoms with van der Waals surface area (Å²) < 4.78 is 48.7. The largest absolute Gasteiger partial charge is 0.493 e. The van der Waals surface area contributed by atoms with Crippen molar-refractivity contribution in [1.82, 2.24) is 10.2 Å². The molecule has 1 fully saturated rings. The predicted octanol–water partition coefficient (Wildman–Crippen LogP) is 3.89. The summed E-state index contributed by atoms with van der Waals surface area (Å²) in [4.78, 5) is 26.8. The lowest BCUT2D eigenvalue weighted by molar-refractivity contribution is -0.137. The zero-order valence-electron chi connectivity index (χ0n) is 17.9. The van der Waals surface area contributed by atoms with Crippen LogP contribution in [0.25, 0.3) is 0 Å². The number of alkyl halides is 3. The average molecular weight is 450 g/mol. The predicted molar refractivity (Wildman–Crippen MR) is 111 cm³/mol. The number of piperidine rings is 1. The lowest BCUT2D eigenvalue weighted by Gasteiger charge is -2.31. The number of methoxy groups -OCH3 is 2. The van der Waals surface area contributed by atoms with Crippen LogP contribution in [0.2, 0.25) is 0 Å². The number of para-hydroxylation sites is 1. The number of carbonyl (C=O) groups excluding carboxylic acids is 2. The first-order chi connectivity index (χ1) is 15.2. The summed E-state index contributed by atoms with van der Waals surface area (Å²) in [6.45, 7) is 1.00. The Morgan fingerprint density at radius 3 is 2.25 bits per heavy atom. The number of nitrogens with zero attached hydrogens (tertiary/aromatic N) is 1. The van der Waals surface area contributed by atoms with Crippen LogP contribution in [0.4, 0.5) is 13.2 Å². The molecule has 0 unspecified atom stereocenters. The van der Waals surface area contributed by atoms with Crippen LogP contribution in [0.3, 0.4) is 0 Å². The van der Waals surface area contributed by atoms with Gasteiger partial charge in [0.1, 0.15) is 0 Å². The molecule has 1 N–H and O–H groups in total. The van der Waals surface area contributed by atoms with Crippen LogP contribution in [-0.2, 0) is 17.5 Å². The van der Waals surface area contributed by atoms with E-state index in [2.05, 4.69) is 5.32 Å². The molecular weight excluding hydrogens is 425 g/mol. The molecule has 172 valence electrons. The van der Waals surface area contributed by atoms with Crippen LogP contribution >= 0.6 is 0 Å². The van der Waals surface area contributed by atoms with Crippen molar-refractivity contribution < 1.29 is 32.2 Å².